The molecular formula is C8H8ClNOS2. The van der Waals surface area contributed by atoms with E-state index in [1.54, 1.807) is 12.1 Å². The number of ketones is 1. The Kier molecular flexibility index (Phi) is 3.67. The van der Waals surface area contributed by atoms with Crippen molar-refractivity contribution < 1.29 is 4.79 Å². The lowest BCUT2D eigenvalue weighted by Gasteiger charge is -2.06. The Bertz CT molecular complexity index is 354. The Hall–Kier alpha value is -0.160. The van der Waals surface area contributed by atoms with Crippen LogP contribution in [0.25, 0.3) is 0 Å². The number of carbonyl (C=O) groups is 1. The number of rotatable bonds is 2. The summed E-state index contributed by atoms with van der Waals surface area (Å²) in [5.74, 6) is -0.0669. The van der Waals surface area contributed by atoms with Gasteiger partial charge in [0.1, 0.15) is 0 Å². The third-order valence-corrected chi connectivity index (χ3v) is 2.97. The van der Waals surface area contributed by atoms with Crippen molar-refractivity contribution in [3.05, 3.63) is 22.7 Å². The fourth-order valence-corrected chi connectivity index (χ4v) is 2.08. The minimum atomic E-state index is -0.0669. The zero-order valence-electron chi connectivity index (χ0n) is 6.87. The lowest BCUT2D eigenvalue weighted by molar-refractivity contribution is 0.101. The van der Waals surface area contributed by atoms with Gasteiger partial charge in [0.2, 0.25) is 0 Å². The van der Waals surface area contributed by atoms with Crippen LogP contribution in [0.2, 0.25) is 5.02 Å². The van der Waals surface area contributed by atoms with Crippen molar-refractivity contribution in [1.29, 1.82) is 0 Å². The molecule has 0 saturated carbocycles. The third kappa shape index (κ3) is 2.40. The molecule has 0 unspecified atom stereocenters. The molecule has 1 rings (SSSR count). The number of hydrogen-bond donors (Lipinski definition) is 2. The second kappa shape index (κ2) is 4.37. The van der Waals surface area contributed by atoms with Crippen LogP contribution in [-0.4, -0.2) is 5.78 Å². The topological polar surface area (TPSA) is 43.1 Å². The number of thiol groups is 1. The van der Waals surface area contributed by atoms with E-state index in [2.05, 4.69) is 12.6 Å². The first-order chi connectivity index (χ1) is 6.06. The summed E-state index contributed by atoms with van der Waals surface area (Å²) < 4.78 is 0. The normalized spacial score (nSPS) is 10.2. The van der Waals surface area contributed by atoms with Gasteiger partial charge in [-0.15, -0.1) is 12.6 Å². The number of Topliss-reactive ketones (excluding diaryl/α,β-unsaturated/α-hetero) is 1. The number of carbonyl (C=O) groups excluding carboxylic acids is 1. The highest BCUT2D eigenvalue weighted by molar-refractivity contribution is 7.97. The van der Waals surface area contributed by atoms with Crippen molar-refractivity contribution in [2.45, 2.75) is 16.7 Å². The zero-order chi connectivity index (χ0) is 10.0. The maximum atomic E-state index is 11.1. The molecule has 0 bridgehead atoms. The molecule has 0 atom stereocenters. The first-order valence-electron chi connectivity index (χ1n) is 3.46. The molecule has 2 N–H and O–H groups in total. The molecule has 0 radical (unpaired) electrons. The van der Waals surface area contributed by atoms with Gasteiger partial charge in [0.05, 0.1) is 0 Å². The first kappa shape index (κ1) is 10.9. The van der Waals surface area contributed by atoms with Crippen LogP contribution in [0.3, 0.4) is 0 Å². The molecule has 0 spiro atoms. The van der Waals surface area contributed by atoms with Crippen molar-refractivity contribution in [1.82, 2.24) is 0 Å². The van der Waals surface area contributed by atoms with E-state index in [0.29, 0.717) is 20.4 Å². The van der Waals surface area contributed by atoms with Gasteiger partial charge in [0.15, 0.2) is 5.78 Å². The quantitative estimate of drug-likeness (QED) is 0.469. The van der Waals surface area contributed by atoms with Gasteiger partial charge in [-0.1, -0.05) is 11.6 Å². The standard InChI is InChI=1S/C8H8ClNOS2/c1-4(11)6-2-5(9)3-7(13-10)8(6)12/h2-3,12H,10H2,1H3. The van der Waals surface area contributed by atoms with Crippen LogP contribution in [0, 0.1) is 0 Å². The van der Waals surface area contributed by atoms with Crippen molar-refractivity contribution in [2.75, 3.05) is 0 Å². The van der Waals surface area contributed by atoms with E-state index in [-0.39, 0.29) is 5.78 Å². The molecule has 1 aromatic rings. The van der Waals surface area contributed by atoms with Crippen molar-refractivity contribution in [3.63, 3.8) is 0 Å². The molecule has 0 aromatic heterocycles. The molecule has 0 heterocycles. The van der Waals surface area contributed by atoms with E-state index in [9.17, 15) is 4.79 Å². The highest BCUT2D eigenvalue weighted by atomic mass is 35.5. The van der Waals surface area contributed by atoms with E-state index in [1.807, 2.05) is 0 Å². The van der Waals surface area contributed by atoms with Crippen LogP contribution in [0.4, 0.5) is 0 Å². The predicted molar refractivity (Wildman–Crippen MR) is 58.8 cm³/mol. The zero-order valence-corrected chi connectivity index (χ0v) is 9.34. The number of hydrogen-bond acceptors (Lipinski definition) is 4. The summed E-state index contributed by atoms with van der Waals surface area (Å²) in [4.78, 5) is 12.4. The summed E-state index contributed by atoms with van der Waals surface area (Å²) in [6, 6.07) is 3.27. The summed E-state index contributed by atoms with van der Waals surface area (Å²) in [5, 5.41) is 5.88. The summed E-state index contributed by atoms with van der Waals surface area (Å²) >= 11 is 11.0. The van der Waals surface area contributed by atoms with Gasteiger partial charge in [-0.05, 0) is 31.0 Å². The molecule has 2 nitrogen and oxygen atoms in total. The van der Waals surface area contributed by atoms with Crippen LogP contribution in [0.1, 0.15) is 17.3 Å². The highest BCUT2D eigenvalue weighted by Crippen LogP contribution is 2.29. The van der Waals surface area contributed by atoms with Crippen molar-refractivity contribution >= 4 is 42.0 Å². The Balaban J connectivity index is 3.35. The molecule has 0 fully saturated rings. The molecule has 0 amide bonds. The van der Waals surface area contributed by atoms with Gasteiger partial charge in [0.25, 0.3) is 0 Å². The molecule has 0 aliphatic rings. The summed E-state index contributed by atoms with van der Waals surface area (Å²) in [6.07, 6.45) is 0. The molecule has 0 aliphatic carbocycles. The predicted octanol–water partition coefficient (Wildman–Crippen LogP) is 2.80. The third-order valence-electron chi connectivity index (χ3n) is 1.55. The average molecular weight is 234 g/mol. The van der Waals surface area contributed by atoms with Crippen LogP contribution in [0.5, 0.6) is 0 Å². The number of halogens is 1. The monoisotopic (exact) mass is 233 g/mol. The number of nitrogens with two attached hydrogens (primary N) is 1. The maximum Gasteiger partial charge on any atom is 0.161 e. The molecule has 70 valence electrons. The lowest BCUT2D eigenvalue weighted by Crippen LogP contribution is -1.96. The van der Waals surface area contributed by atoms with Gasteiger partial charge in [-0.25, -0.2) is 0 Å². The largest absolute Gasteiger partial charge is 0.294 e. The minimum absolute atomic E-state index is 0.0669. The highest BCUT2D eigenvalue weighted by Gasteiger charge is 2.10. The van der Waals surface area contributed by atoms with E-state index in [1.165, 1.54) is 6.92 Å². The number of benzene rings is 1. The fraction of sp³-hybridized carbons (Fsp3) is 0.125. The average Bonchev–Trinajstić information content (AvgIpc) is 2.08. The SMILES string of the molecule is CC(=O)c1cc(Cl)cc(SN)c1S. The minimum Gasteiger partial charge on any atom is -0.294 e. The molecule has 5 heteroatoms. The van der Waals surface area contributed by atoms with Gasteiger partial charge in [-0.2, -0.15) is 0 Å². The van der Waals surface area contributed by atoms with Gasteiger partial charge in [-0.3, -0.25) is 9.93 Å². The molecule has 13 heavy (non-hydrogen) atoms. The smallest absolute Gasteiger partial charge is 0.161 e. The second-order valence-corrected chi connectivity index (χ2v) is 4.03. The Morgan fingerprint density at radius 3 is 2.69 bits per heavy atom. The van der Waals surface area contributed by atoms with Crippen LogP contribution >= 0.6 is 36.2 Å². The fourth-order valence-electron chi connectivity index (χ4n) is 0.932. The van der Waals surface area contributed by atoms with E-state index in [4.69, 9.17) is 16.7 Å². The van der Waals surface area contributed by atoms with Gasteiger partial charge < -0.3 is 0 Å². The lowest BCUT2D eigenvalue weighted by atomic mass is 10.1. The second-order valence-electron chi connectivity index (χ2n) is 2.47. The summed E-state index contributed by atoms with van der Waals surface area (Å²) in [7, 11) is 0. The van der Waals surface area contributed by atoms with E-state index in [0.717, 1.165) is 11.9 Å². The summed E-state index contributed by atoms with van der Waals surface area (Å²) in [5.41, 5.74) is 0.504. The first-order valence-corrected chi connectivity index (χ1v) is 5.17. The summed E-state index contributed by atoms with van der Waals surface area (Å²) in [6.45, 7) is 1.47. The Morgan fingerprint density at radius 1 is 1.62 bits per heavy atom. The molecule has 1 aromatic carbocycles. The van der Waals surface area contributed by atoms with E-state index < -0.39 is 0 Å². The van der Waals surface area contributed by atoms with Crippen LogP contribution in [-0.2, 0) is 0 Å². The van der Waals surface area contributed by atoms with Gasteiger partial charge in [0, 0.05) is 20.4 Å². The Labute approximate surface area is 91.4 Å². The molecule has 0 aliphatic heterocycles. The maximum absolute atomic E-state index is 11.1. The van der Waals surface area contributed by atoms with Crippen molar-refractivity contribution in [3.8, 4) is 0 Å². The van der Waals surface area contributed by atoms with Crippen LogP contribution < -0.4 is 5.14 Å². The molecule has 0 saturated heterocycles. The molecular weight excluding hydrogens is 226 g/mol. The van der Waals surface area contributed by atoms with Crippen molar-refractivity contribution in [2.24, 2.45) is 5.14 Å². The Morgan fingerprint density at radius 2 is 2.23 bits per heavy atom. The van der Waals surface area contributed by atoms with E-state index >= 15 is 0 Å². The van der Waals surface area contributed by atoms with Crippen LogP contribution in [0.15, 0.2) is 21.9 Å². The van der Waals surface area contributed by atoms with Gasteiger partial charge >= 0.3 is 0 Å².